The van der Waals surface area contributed by atoms with Crippen LogP contribution in [0, 0.1) is 35.3 Å². The van der Waals surface area contributed by atoms with Gasteiger partial charge >= 0.3 is 23.9 Å². The Morgan fingerprint density at radius 1 is 0.791 bits per heavy atom. The second kappa shape index (κ2) is 25.1. The summed E-state index contributed by atoms with van der Waals surface area (Å²) in [5, 5.41) is 44.2. The molecule has 370 valence electrons. The highest BCUT2D eigenvalue weighted by atomic mass is 19.4. The monoisotopic (exact) mass is 953 g/mol. The van der Waals surface area contributed by atoms with Gasteiger partial charge in [0.1, 0.15) is 42.7 Å². The molecule has 6 atom stereocenters. The fourth-order valence-electron chi connectivity index (χ4n) is 6.57. The molecule has 0 spiro atoms. The first kappa shape index (κ1) is 56.2. The van der Waals surface area contributed by atoms with Gasteiger partial charge in [-0.1, -0.05) is 58.9 Å². The van der Waals surface area contributed by atoms with Gasteiger partial charge < -0.3 is 61.6 Å². The van der Waals surface area contributed by atoms with Crippen LogP contribution in [0.25, 0.3) is 0 Å². The minimum atomic E-state index is -4.80. The topological polar surface area (TPSA) is 327 Å². The molecule has 8 N–H and O–H groups in total. The van der Waals surface area contributed by atoms with Gasteiger partial charge in [0.25, 0.3) is 0 Å². The van der Waals surface area contributed by atoms with Crippen molar-refractivity contribution >= 4 is 59.5 Å². The number of benzene rings is 1. The molecule has 1 heterocycles. The van der Waals surface area contributed by atoms with Crippen molar-refractivity contribution < 1.29 is 71.5 Å². The van der Waals surface area contributed by atoms with Crippen LogP contribution < -0.4 is 31.9 Å². The number of hydrogen-bond acceptors (Lipinski definition) is 12. The molecule has 0 radical (unpaired) electrons. The Morgan fingerprint density at radius 2 is 1.36 bits per heavy atom. The summed E-state index contributed by atoms with van der Waals surface area (Å²) in [7, 11) is 0. The number of imidazole rings is 1. The number of alkyl halides is 3. The SMILES string of the molecule is Cc1ccccc1C[C@H](NC(=O)[C@H](CCC(=O)O)NC(=O)[C@H](CC(=O)O)NC(=O)CCn1cc([N+](=O)[O-])nc1C)C(=O)N[C@H](C(=O)N[C@@H](CC(C)C)C(=O)N[C@H](C=O)CC(F)(F)F)C(C)(C)C. The highest BCUT2D eigenvalue weighted by Crippen LogP contribution is 2.23. The normalized spacial score (nSPS) is 14.3. The van der Waals surface area contributed by atoms with Gasteiger partial charge in [-0.05, 0) is 52.1 Å². The number of rotatable bonds is 26. The van der Waals surface area contributed by atoms with Crippen LogP contribution in [-0.2, 0) is 56.1 Å². The molecule has 0 saturated heterocycles. The lowest BCUT2D eigenvalue weighted by atomic mass is 9.85. The molecule has 0 fully saturated rings. The highest BCUT2D eigenvalue weighted by Gasteiger charge is 2.39. The Morgan fingerprint density at radius 3 is 1.88 bits per heavy atom. The predicted molar refractivity (Wildman–Crippen MR) is 229 cm³/mol. The lowest BCUT2D eigenvalue weighted by Gasteiger charge is -2.34. The summed E-state index contributed by atoms with van der Waals surface area (Å²) in [4.78, 5) is 131. The fraction of sp³-hybridized carbons (Fsp3) is 0.571. The zero-order valence-corrected chi connectivity index (χ0v) is 38.0. The number of amides is 6. The number of aliphatic carboxylic acids is 2. The average Bonchev–Trinajstić information content (AvgIpc) is 3.59. The summed E-state index contributed by atoms with van der Waals surface area (Å²) >= 11 is 0. The lowest BCUT2D eigenvalue weighted by molar-refractivity contribution is -0.389. The van der Waals surface area contributed by atoms with Gasteiger partial charge in [-0.3, -0.25) is 38.4 Å². The summed E-state index contributed by atoms with van der Waals surface area (Å²) in [5.74, 6) is -9.83. The van der Waals surface area contributed by atoms with Gasteiger partial charge in [-0.25, -0.2) is 0 Å². The Kier molecular flexibility index (Phi) is 21.0. The van der Waals surface area contributed by atoms with Gasteiger partial charge in [0.05, 0.1) is 18.9 Å². The summed E-state index contributed by atoms with van der Waals surface area (Å²) < 4.78 is 40.5. The average molecular weight is 954 g/mol. The molecule has 22 nitrogen and oxygen atoms in total. The lowest BCUT2D eigenvalue weighted by Crippen LogP contribution is -2.62. The first-order valence-corrected chi connectivity index (χ1v) is 21.0. The van der Waals surface area contributed by atoms with Crippen molar-refractivity contribution in [2.45, 2.75) is 142 Å². The van der Waals surface area contributed by atoms with Crippen LogP contribution in [0.5, 0.6) is 0 Å². The van der Waals surface area contributed by atoms with Crippen molar-refractivity contribution in [3.63, 3.8) is 0 Å². The third kappa shape index (κ3) is 19.6. The van der Waals surface area contributed by atoms with E-state index in [1.54, 1.807) is 65.8 Å². The van der Waals surface area contributed by atoms with E-state index in [2.05, 4.69) is 31.6 Å². The quantitative estimate of drug-likeness (QED) is 0.0377. The first-order chi connectivity index (χ1) is 31.0. The Bertz CT molecular complexity index is 2140. The molecule has 2 rings (SSSR count). The van der Waals surface area contributed by atoms with Gasteiger partial charge in [-0.2, -0.15) is 13.2 Å². The van der Waals surface area contributed by atoms with Crippen LogP contribution in [-0.4, -0.2) is 121 Å². The van der Waals surface area contributed by atoms with E-state index in [1.807, 2.05) is 5.32 Å². The number of carbonyl (C=O) groups excluding carboxylic acids is 7. The van der Waals surface area contributed by atoms with Gasteiger partial charge in [0.15, 0.2) is 0 Å². The van der Waals surface area contributed by atoms with Crippen LogP contribution in [0.1, 0.15) is 90.1 Å². The number of nitro groups is 1. The second-order valence-electron chi connectivity index (χ2n) is 17.3. The molecule has 0 saturated carbocycles. The molecule has 1 aromatic carbocycles. The van der Waals surface area contributed by atoms with Crippen LogP contribution in [0.2, 0.25) is 0 Å². The highest BCUT2D eigenvalue weighted by molar-refractivity contribution is 5.97. The number of nitrogens with zero attached hydrogens (tertiary/aromatic N) is 3. The van der Waals surface area contributed by atoms with Gasteiger partial charge in [0, 0.05) is 32.7 Å². The maximum absolute atomic E-state index is 14.3. The fourth-order valence-corrected chi connectivity index (χ4v) is 6.57. The van der Waals surface area contributed by atoms with Crippen molar-refractivity contribution in [2.75, 3.05) is 0 Å². The number of carbonyl (C=O) groups is 9. The van der Waals surface area contributed by atoms with Crippen LogP contribution >= 0.6 is 0 Å². The summed E-state index contributed by atoms with van der Waals surface area (Å²) in [6.45, 7) is 11.0. The molecule has 0 aliphatic carbocycles. The largest absolute Gasteiger partial charge is 0.481 e. The van der Waals surface area contributed by atoms with Gasteiger partial charge in [0.2, 0.25) is 41.3 Å². The second-order valence-corrected chi connectivity index (χ2v) is 17.3. The van der Waals surface area contributed by atoms with E-state index in [4.69, 9.17) is 0 Å². The maximum Gasteiger partial charge on any atom is 0.391 e. The smallest absolute Gasteiger partial charge is 0.391 e. The van der Waals surface area contributed by atoms with Crippen LogP contribution in [0.15, 0.2) is 30.5 Å². The summed E-state index contributed by atoms with van der Waals surface area (Å²) in [6, 6.07) is -3.39. The van der Waals surface area contributed by atoms with Crippen LogP contribution in [0.3, 0.4) is 0 Å². The number of nitrogens with one attached hydrogen (secondary N) is 6. The number of aldehydes is 1. The number of hydrogen-bond donors (Lipinski definition) is 8. The predicted octanol–water partition coefficient (Wildman–Crippen LogP) is 1.53. The molecular weight excluding hydrogens is 896 g/mol. The zero-order valence-electron chi connectivity index (χ0n) is 38.0. The molecule has 0 aliphatic rings. The van der Waals surface area contributed by atoms with E-state index < -0.39 is 138 Å². The number of carboxylic acid groups (broad SMARTS) is 2. The van der Waals surface area contributed by atoms with Crippen molar-refractivity contribution in [1.82, 2.24) is 41.5 Å². The van der Waals surface area contributed by atoms with E-state index in [9.17, 15) is 76.6 Å². The van der Waals surface area contributed by atoms with E-state index in [0.29, 0.717) is 11.1 Å². The van der Waals surface area contributed by atoms with Crippen molar-refractivity contribution in [3.8, 4) is 0 Å². The number of carboxylic acids is 2. The zero-order chi connectivity index (χ0) is 51.0. The Labute approximate surface area is 383 Å². The standard InChI is InChI=1S/C42H58F3N9O13/c1-22(2)16-28(37(62)47-26(21-55)19-42(43,44)45)51-40(65)35(41(5,6)7)52-39(64)29(17-25-11-9-8-10-23(25)3)50-36(61)27(12-13-33(57)58)49-38(63)30(18-34(59)60)48-32(56)14-15-53-20-31(54(66)67)46-24(53)4/h8-11,20-22,26-30,35H,12-19H2,1-7H3,(H,47,62)(H,48,56)(H,49,63)(H,50,61)(H,51,65)(H,52,64)(H,57,58)(H,59,60)/t26-,27-,28-,29-,30-,35+/m0/s1. The molecule has 67 heavy (non-hydrogen) atoms. The van der Waals surface area contributed by atoms with Crippen molar-refractivity contribution in [1.29, 1.82) is 0 Å². The molecule has 0 aliphatic heterocycles. The molecular formula is C42H58F3N9O13. The number of halogens is 3. The molecule has 0 bridgehead atoms. The number of aryl methyl sites for hydroxylation is 3. The molecule has 25 heteroatoms. The number of aromatic nitrogens is 2. The van der Waals surface area contributed by atoms with E-state index in [1.165, 1.54) is 11.5 Å². The molecule has 1 aromatic heterocycles. The molecule has 6 amide bonds. The first-order valence-electron chi connectivity index (χ1n) is 21.0. The summed E-state index contributed by atoms with van der Waals surface area (Å²) in [5.41, 5.74) is 0.0350. The maximum atomic E-state index is 14.3. The third-order valence-corrected chi connectivity index (χ3v) is 10.1. The Balaban J connectivity index is 2.45. The van der Waals surface area contributed by atoms with E-state index in [0.717, 1.165) is 6.20 Å². The van der Waals surface area contributed by atoms with Crippen molar-refractivity contribution in [3.05, 3.63) is 57.5 Å². The minimum absolute atomic E-state index is 0.0866. The van der Waals surface area contributed by atoms with E-state index in [-0.39, 0.29) is 37.4 Å². The summed E-state index contributed by atoms with van der Waals surface area (Å²) in [6.07, 6.45) is -8.54. The van der Waals surface area contributed by atoms with Crippen LogP contribution in [0.4, 0.5) is 19.0 Å². The third-order valence-electron chi connectivity index (χ3n) is 10.1. The molecule has 2 aromatic rings. The minimum Gasteiger partial charge on any atom is -0.481 e. The van der Waals surface area contributed by atoms with E-state index >= 15 is 0 Å². The van der Waals surface area contributed by atoms with Crippen molar-refractivity contribution in [2.24, 2.45) is 11.3 Å². The Hall–Kier alpha value is -6.95. The molecule has 0 unspecified atom stereocenters. The van der Waals surface area contributed by atoms with Gasteiger partial charge in [-0.15, -0.1) is 0 Å².